The van der Waals surface area contributed by atoms with Crippen molar-refractivity contribution < 1.29 is 4.79 Å². The summed E-state index contributed by atoms with van der Waals surface area (Å²) in [4.78, 5) is 30.5. The topological polar surface area (TPSA) is 73.4 Å². The van der Waals surface area contributed by atoms with Crippen LogP contribution in [-0.2, 0) is 13.6 Å². The number of hydrogen-bond donors (Lipinski definition) is 2. The third-order valence-electron chi connectivity index (χ3n) is 7.26. The Balaban J connectivity index is 1.82. The standard InChI is InChI=1S/C26H40ClN5O2/c1-8-32(20-11-9-19(10-12-20)30(5)6)23-14-18(27)13-21(17(23)4)25(33)28-15-22-24(16(2)3)29-31(7)26(22)34/h13-14,16,19-20,29H,8-12,15H2,1-7H3,(H,28,33)/t19-,20-. The molecule has 0 saturated heterocycles. The smallest absolute Gasteiger partial charge is 0.271 e. The van der Waals surface area contributed by atoms with Crippen LogP contribution in [0.1, 0.15) is 79.6 Å². The van der Waals surface area contributed by atoms with Crippen LogP contribution in [0.2, 0.25) is 5.02 Å². The Morgan fingerprint density at radius 2 is 1.82 bits per heavy atom. The van der Waals surface area contributed by atoms with Crippen LogP contribution in [0.3, 0.4) is 0 Å². The van der Waals surface area contributed by atoms with Gasteiger partial charge < -0.3 is 15.1 Å². The molecule has 34 heavy (non-hydrogen) atoms. The molecule has 0 aliphatic heterocycles. The lowest BCUT2D eigenvalue weighted by atomic mass is 9.89. The van der Waals surface area contributed by atoms with Gasteiger partial charge >= 0.3 is 0 Å². The van der Waals surface area contributed by atoms with E-state index in [9.17, 15) is 9.59 Å². The number of aromatic nitrogens is 2. The molecule has 0 bridgehead atoms. The van der Waals surface area contributed by atoms with E-state index in [1.54, 1.807) is 13.1 Å². The van der Waals surface area contributed by atoms with Crippen LogP contribution in [0.25, 0.3) is 0 Å². The quantitative estimate of drug-likeness (QED) is 0.575. The van der Waals surface area contributed by atoms with Crippen LogP contribution < -0.4 is 15.8 Å². The number of carbonyl (C=O) groups is 1. The third-order valence-corrected chi connectivity index (χ3v) is 7.47. The van der Waals surface area contributed by atoms with Crippen LogP contribution in [0.4, 0.5) is 5.69 Å². The van der Waals surface area contributed by atoms with Gasteiger partial charge in [0.2, 0.25) is 0 Å². The zero-order chi connectivity index (χ0) is 25.2. The molecule has 1 aliphatic rings. The first-order valence-electron chi connectivity index (χ1n) is 12.3. The number of H-pyrrole nitrogens is 1. The van der Waals surface area contributed by atoms with Gasteiger partial charge in [0.05, 0.1) is 12.1 Å². The minimum Gasteiger partial charge on any atom is -0.369 e. The van der Waals surface area contributed by atoms with Crippen LogP contribution >= 0.6 is 11.6 Å². The second-order valence-corrected chi connectivity index (χ2v) is 10.5. The Hall–Kier alpha value is -2.25. The van der Waals surface area contributed by atoms with Gasteiger partial charge in [-0.15, -0.1) is 0 Å². The Labute approximate surface area is 208 Å². The predicted octanol–water partition coefficient (Wildman–Crippen LogP) is 4.43. The molecule has 0 spiro atoms. The highest BCUT2D eigenvalue weighted by Crippen LogP contribution is 2.34. The monoisotopic (exact) mass is 489 g/mol. The fraction of sp³-hybridized carbons (Fsp3) is 0.615. The van der Waals surface area contributed by atoms with E-state index < -0.39 is 0 Å². The number of amides is 1. The molecule has 1 heterocycles. The predicted molar refractivity (Wildman–Crippen MR) is 140 cm³/mol. The van der Waals surface area contributed by atoms with E-state index in [1.165, 1.54) is 17.5 Å². The van der Waals surface area contributed by atoms with Gasteiger partial charge in [0.15, 0.2) is 0 Å². The molecule has 0 radical (unpaired) electrons. The summed E-state index contributed by atoms with van der Waals surface area (Å²) in [7, 11) is 6.00. The Kier molecular flexibility index (Phi) is 8.52. The van der Waals surface area contributed by atoms with Crippen molar-refractivity contribution in [1.82, 2.24) is 20.0 Å². The zero-order valence-corrected chi connectivity index (χ0v) is 22.4. The minimum atomic E-state index is -0.216. The SMILES string of the molecule is CCN(c1cc(Cl)cc(C(=O)NCc2c(C(C)C)[nH]n(C)c2=O)c1C)[C@H]1CC[C@H](N(C)C)CC1. The molecule has 1 aromatic heterocycles. The maximum absolute atomic E-state index is 13.2. The van der Waals surface area contributed by atoms with E-state index in [1.807, 2.05) is 26.8 Å². The van der Waals surface area contributed by atoms with E-state index in [2.05, 4.69) is 41.2 Å². The molecule has 1 saturated carbocycles. The number of aromatic amines is 1. The summed E-state index contributed by atoms with van der Waals surface area (Å²) < 4.78 is 1.46. The van der Waals surface area contributed by atoms with Gasteiger partial charge in [-0.25, -0.2) is 0 Å². The highest BCUT2D eigenvalue weighted by atomic mass is 35.5. The van der Waals surface area contributed by atoms with Crippen molar-refractivity contribution in [3.63, 3.8) is 0 Å². The van der Waals surface area contributed by atoms with E-state index >= 15 is 0 Å². The molecule has 3 rings (SSSR count). The summed E-state index contributed by atoms with van der Waals surface area (Å²) in [6, 6.07) is 4.78. The Morgan fingerprint density at radius 3 is 2.38 bits per heavy atom. The molecule has 1 amide bonds. The Morgan fingerprint density at radius 1 is 1.21 bits per heavy atom. The maximum Gasteiger partial charge on any atom is 0.271 e. The second kappa shape index (κ2) is 11.0. The van der Waals surface area contributed by atoms with Crippen LogP contribution in [0.5, 0.6) is 0 Å². The van der Waals surface area contributed by atoms with Gasteiger partial charge in [-0.3, -0.25) is 19.4 Å². The normalized spacial score (nSPS) is 18.5. The third kappa shape index (κ3) is 5.52. The molecule has 188 valence electrons. The molecule has 7 nitrogen and oxygen atoms in total. The van der Waals surface area contributed by atoms with Gasteiger partial charge in [-0.1, -0.05) is 25.4 Å². The number of benzene rings is 1. The van der Waals surface area contributed by atoms with Crippen LogP contribution in [0, 0.1) is 6.92 Å². The molecule has 0 atom stereocenters. The lowest BCUT2D eigenvalue weighted by Crippen LogP contribution is -2.42. The molecular formula is C26H40ClN5O2. The fourth-order valence-corrected chi connectivity index (χ4v) is 5.45. The molecule has 8 heteroatoms. The molecule has 1 fully saturated rings. The van der Waals surface area contributed by atoms with Crippen molar-refractivity contribution in [1.29, 1.82) is 0 Å². The maximum atomic E-state index is 13.2. The van der Waals surface area contributed by atoms with Crippen molar-refractivity contribution in [2.24, 2.45) is 7.05 Å². The van der Waals surface area contributed by atoms with Gasteiger partial charge in [0.1, 0.15) is 0 Å². The van der Waals surface area contributed by atoms with Gasteiger partial charge in [0, 0.05) is 47.6 Å². The Bertz CT molecular complexity index is 1060. The largest absolute Gasteiger partial charge is 0.369 e. The summed E-state index contributed by atoms with van der Waals surface area (Å²) in [5, 5.41) is 6.60. The fourth-order valence-electron chi connectivity index (χ4n) is 5.24. The van der Waals surface area contributed by atoms with Crippen molar-refractivity contribution >= 4 is 23.2 Å². The number of nitrogens with zero attached hydrogens (tertiary/aromatic N) is 3. The van der Waals surface area contributed by atoms with Crippen molar-refractivity contribution in [2.75, 3.05) is 25.5 Å². The number of aryl methyl sites for hydroxylation is 1. The molecule has 2 N–H and O–H groups in total. The lowest BCUT2D eigenvalue weighted by molar-refractivity contribution is 0.0950. The first kappa shape index (κ1) is 26.4. The highest BCUT2D eigenvalue weighted by Gasteiger charge is 2.28. The van der Waals surface area contributed by atoms with Gasteiger partial charge in [0.25, 0.3) is 11.5 Å². The van der Waals surface area contributed by atoms with E-state index in [0.29, 0.717) is 28.2 Å². The second-order valence-electron chi connectivity index (χ2n) is 10.0. The summed E-state index contributed by atoms with van der Waals surface area (Å²) in [5.74, 6) is -0.0624. The number of rotatable bonds is 8. The van der Waals surface area contributed by atoms with Crippen LogP contribution in [0.15, 0.2) is 16.9 Å². The van der Waals surface area contributed by atoms with E-state index in [-0.39, 0.29) is 23.9 Å². The number of carbonyl (C=O) groups excluding carboxylic acids is 1. The van der Waals surface area contributed by atoms with Crippen molar-refractivity contribution in [2.45, 2.75) is 77.9 Å². The van der Waals surface area contributed by atoms with Crippen LogP contribution in [-0.4, -0.2) is 53.3 Å². The van der Waals surface area contributed by atoms with Gasteiger partial charge in [-0.05, 0) is 77.2 Å². The van der Waals surface area contributed by atoms with Crippen molar-refractivity contribution in [3.8, 4) is 0 Å². The first-order valence-corrected chi connectivity index (χ1v) is 12.7. The molecule has 1 aromatic carbocycles. The summed E-state index contributed by atoms with van der Waals surface area (Å²) >= 11 is 6.51. The van der Waals surface area contributed by atoms with E-state index in [0.717, 1.165) is 36.3 Å². The zero-order valence-electron chi connectivity index (χ0n) is 21.7. The molecule has 0 unspecified atom stereocenters. The summed E-state index contributed by atoms with van der Waals surface area (Å²) in [6.45, 7) is 9.23. The summed E-state index contributed by atoms with van der Waals surface area (Å²) in [6.07, 6.45) is 4.59. The highest BCUT2D eigenvalue weighted by molar-refractivity contribution is 6.31. The first-order chi connectivity index (χ1) is 16.0. The number of hydrogen-bond acceptors (Lipinski definition) is 4. The molecule has 1 aliphatic carbocycles. The number of nitrogens with one attached hydrogen (secondary N) is 2. The summed E-state index contributed by atoms with van der Waals surface area (Å²) in [5.41, 5.74) is 3.83. The number of anilines is 1. The average Bonchev–Trinajstić information content (AvgIpc) is 3.09. The van der Waals surface area contributed by atoms with Gasteiger partial charge in [-0.2, -0.15) is 0 Å². The van der Waals surface area contributed by atoms with Crippen molar-refractivity contribution in [3.05, 3.63) is 49.9 Å². The number of halogens is 1. The lowest BCUT2D eigenvalue weighted by Gasteiger charge is -2.40. The minimum absolute atomic E-state index is 0.113. The van der Waals surface area contributed by atoms with E-state index in [4.69, 9.17) is 11.6 Å². The molecule has 2 aromatic rings. The average molecular weight is 490 g/mol. The molecular weight excluding hydrogens is 450 g/mol.